The third kappa shape index (κ3) is 3.07. The van der Waals surface area contributed by atoms with Gasteiger partial charge in [-0.3, -0.25) is 10.1 Å². The van der Waals surface area contributed by atoms with Crippen molar-refractivity contribution in [3.63, 3.8) is 0 Å². The van der Waals surface area contributed by atoms with Crippen molar-refractivity contribution in [1.29, 1.82) is 0 Å². The monoisotopic (exact) mass is 288 g/mol. The third-order valence-electron chi connectivity index (χ3n) is 2.75. The molecule has 0 atom stereocenters. The maximum Gasteiger partial charge on any atom is 0.337 e. The van der Waals surface area contributed by atoms with Crippen LogP contribution in [0.4, 0.5) is 11.5 Å². The van der Waals surface area contributed by atoms with Crippen molar-refractivity contribution in [2.24, 2.45) is 0 Å². The van der Waals surface area contributed by atoms with Crippen LogP contribution in [-0.4, -0.2) is 28.0 Å². The van der Waals surface area contributed by atoms with Crippen molar-refractivity contribution in [3.8, 4) is 17.0 Å². The molecule has 1 aromatic carbocycles. The summed E-state index contributed by atoms with van der Waals surface area (Å²) >= 11 is 0. The number of nitro groups is 1. The molecule has 0 saturated heterocycles. The lowest BCUT2D eigenvalue weighted by atomic mass is 10.1. The van der Waals surface area contributed by atoms with Crippen LogP contribution >= 0.6 is 0 Å². The molecule has 0 spiro atoms. The molecule has 0 radical (unpaired) electrons. The Labute approximate surface area is 122 Å². The molecule has 0 aliphatic heterocycles. The fourth-order valence-corrected chi connectivity index (χ4v) is 1.95. The number of rotatable bonds is 5. The minimum absolute atomic E-state index is 0.0455. The van der Waals surface area contributed by atoms with Crippen molar-refractivity contribution < 1.29 is 9.66 Å². The molecule has 2 aromatic rings. The van der Waals surface area contributed by atoms with Gasteiger partial charge in [-0.25, -0.2) is 9.97 Å². The predicted molar refractivity (Wildman–Crippen MR) is 79.4 cm³/mol. The lowest BCUT2D eigenvalue weighted by Crippen LogP contribution is -2.08. The average Bonchev–Trinajstić information content (AvgIpc) is 2.46. The summed E-state index contributed by atoms with van der Waals surface area (Å²) in [6.45, 7) is 3.79. The highest BCUT2D eigenvalue weighted by atomic mass is 16.6. The summed E-state index contributed by atoms with van der Waals surface area (Å²) in [5, 5.41) is 14.1. The number of benzene rings is 1. The van der Waals surface area contributed by atoms with Crippen LogP contribution in [0.25, 0.3) is 11.3 Å². The summed E-state index contributed by atoms with van der Waals surface area (Å²) < 4.78 is 5.70. The Hall–Kier alpha value is -2.70. The van der Waals surface area contributed by atoms with Gasteiger partial charge in [-0.1, -0.05) is 12.1 Å². The molecule has 7 heteroatoms. The van der Waals surface area contributed by atoms with Gasteiger partial charge >= 0.3 is 5.69 Å². The van der Waals surface area contributed by atoms with E-state index < -0.39 is 4.92 Å². The average molecular weight is 288 g/mol. The lowest BCUT2D eigenvalue weighted by molar-refractivity contribution is -0.383. The van der Waals surface area contributed by atoms with Crippen LogP contribution in [0, 0.1) is 10.1 Å². The van der Waals surface area contributed by atoms with Gasteiger partial charge in [-0.2, -0.15) is 0 Å². The highest BCUT2D eigenvalue weighted by Gasteiger charge is 2.25. The van der Waals surface area contributed by atoms with Gasteiger partial charge in [-0.15, -0.1) is 0 Å². The van der Waals surface area contributed by atoms with Crippen LogP contribution in [0.1, 0.15) is 13.8 Å². The molecule has 1 aromatic heterocycles. The molecule has 1 N–H and O–H groups in total. The minimum atomic E-state index is -0.493. The van der Waals surface area contributed by atoms with Crippen molar-refractivity contribution in [1.82, 2.24) is 9.97 Å². The standard InChI is InChI=1S/C14H16N4O3/c1-9(2)21-11-7-5-4-6-10(11)12-13(18(19)20)14(15-3)17-8-16-12/h4-9H,1-3H3,(H,15,16,17). The first-order valence-corrected chi connectivity index (χ1v) is 6.47. The second-order valence-corrected chi connectivity index (χ2v) is 4.59. The number of hydrogen-bond acceptors (Lipinski definition) is 6. The molecule has 110 valence electrons. The van der Waals surface area contributed by atoms with E-state index in [2.05, 4.69) is 15.3 Å². The first-order valence-electron chi connectivity index (χ1n) is 6.47. The van der Waals surface area contributed by atoms with E-state index in [1.165, 1.54) is 6.33 Å². The Morgan fingerprint density at radius 2 is 2.00 bits per heavy atom. The quantitative estimate of drug-likeness (QED) is 0.672. The van der Waals surface area contributed by atoms with E-state index in [0.717, 1.165) is 0 Å². The largest absolute Gasteiger partial charge is 0.490 e. The van der Waals surface area contributed by atoms with Gasteiger partial charge in [-0.05, 0) is 26.0 Å². The Bertz CT molecular complexity index is 658. The van der Waals surface area contributed by atoms with Crippen molar-refractivity contribution in [2.45, 2.75) is 20.0 Å². The molecule has 0 aliphatic rings. The summed E-state index contributed by atoms with van der Waals surface area (Å²) in [5.74, 6) is 0.723. The highest BCUT2D eigenvalue weighted by molar-refractivity contribution is 5.80. The second kappa shape index (κ2) is 6.17. The summed E-state index contributed by atoms with van der Waals surface area (Å²) in [6.07, 6.45) is 1.25. The first kappa shape index (κ1) is 14.7. The van der Waals surface area contributed by atoms with Gasteiger partial charge in [0.1, 0.15) is 12.1 Å². The maximum absolute atomic E-state index is 11.4. The van der Waals surface area contributed by atoms with Gasteiger partial charge in [0.15, 0.2) is 5.69 Å². The van der Waals surface area contributed by atoms with Crippen LogP contribution in [0.5, 0.6) is 5.75 Å². The summed E-state index contributed by atoms with van der Waals surface area (Å²) in [5.41, 5.74) is 0.632. The lowest BCUT2D eigenvalue weighted by Gasteiger charge is -2.14. The van der Waals surface area contributed by atoms with Gasteiger partial charge < -0.3 is 10.1 Å². The first-order chi connectivity index (χ1) is 10.0. The fourth-order valence-electron chi connectivity index (χ4n) is 1.95. The summed E-state index contributed by atoms with van der Waals surface area (Å²) in [4.78, 5) is 18.8. The van der Waals surface area contributed by atoms with E-state index >= 15 is 0 Å². The number of para-hydroxylation sites is 1. The predicted octanol–water partition coefficient (Wildman–Crippen LogP) is 2.88. The molecule has 2 rings (SSSR count). The number of anilines is 1. The van der Waals surface area contributed by atoms with Crippen LogP contribution in [-0.2, 0) is 0 Å². The van der Waals surface area contributed by atoms with Crippen LogP contribution < -0.4 is 10.1 Å². The summed E-state index contributed by atoms with van der Waals surface area (Å²) in [7, 11) is 1.58. The molecule has 21 heavy (non-hydrogen) atoms. The number of nitrogens with one attached hydrogen (secondary N) is 1. The van der Waals surface area contributed by atoms with Gasteiger partial charge in [0.2, 0.25) is 5.82 Å². The molecule has 0 amide bonds. The Morgan fingerprint density at radius 1 is 1.29 bits per heavy atom. The number of aromatic nitrogens is 2. The van der Waals surface area contributed by atoms with E-state index in [9.17, 15) is 10.1 Å². The molecular weight excluding hydrogens is 272 g/mol. The highest BCUT2D eigenvalue weighted by Crippen LogP contribution is 2.37. The fraction of sp³-hybridized carbons (Fsp3) is 0.286. The van der Waals surface area contributed by atoms with Crippen molar-refractivity contribution in [3.05, 3.63) is 40.7 Å². The molecule has 0 unspecified atom stereocenters. The van der Waals surface area contributed by atoms with E-state index in [4.69, 9.17) is 4.74 Å². The summed E-state index contributed by atoms with van der Waals surface area (Å²) in [6, 6.07) is 7.10. The Morgan fingerprint density at radius 3 is 2.62 bits per heavy atom. The van der Waals surface area contributed by atoms with Crippen LogP contribution in [0.15, 0.2) is 30.6 Å². The van der Waals surface area contributed by atoms with E-state index in [1.54, 1.807) is 25.2 Å². The van der Waals surface area contributed by atoms with Crippen molar-refractivity contribution >= 4 is 11.5 Å². The molecule has 1 heterocycles. The molecule has 0 bridgehead atoms. The zero-order valence-corrected chi connectivity index (χ0v) is 12.0. The van der Waals surface area contributed by atoms with Crippen LogP contribution in [0.2, 0.25) is 0 Å². The van der Waals surface area contributed by atoms with E-state index in [1.807, 2.05) is 19.9 Å². The SMILES string of the molecule is CNc1ncnc(-c2ccccc2OC(C)C)c1[N+](=O)[O-]. The van der Waals surface area contributed by atoms with E-state index in [-0.39, 0.29) is 23.3 Å². The van der Waals surface area contributed by atoms with Crippen molar-refractivity contribution in [2.75, 3.05) is 12.4 Å². The molecule has 7 nitrogen and oxygen atoms in total. The van der Waals surface area contributed by atoms with Gasteiger partial charge in [0.25, 0.3) is 0 Å². The number of ether oxygens (including phenoxy) is 1. The van der Waals surface area contributed by atoms with Gasteiger partial charge in [0.05, 0.1) is 11.0 Å². The molecular formula is C14H16N4O3. The normalized spacial score (nSPS) is 10.5. The minimum Gasteiger partial charge on any atom is -0.490 e. The maximum atomic E-state index is 11.4. The second-order valence-electron chi connectivity index (χ2n) is 4.59. The molecule has 0 aliphatic carbocycles. The molecule has 0 fully saturated rings. The van der Waals surface area contributed by atoms with E-state index in [0.29, 0.717) is 11.3 Å². The Balaban J connectivity index is 2.65. The van der Waals surface area contributed by atoms with Gasteiger partial charge in [0, 0.05) is 12.6 Å². The smallest absolute Gasteiger partial charge is 0.337 e. The Kier molecular flexibility index (Phi) is 4.32. The zero-order chi connectivity index (χ0) is 15.4. The number of hydrogen-bond donors (Lipinski definition) is 1. The zero-order valence-electron chi connectivity index (χ0n) is 12.0. The number of nitrogens with zero attached hydrogens (tertiary/aromatic N) is 3. The van der Waals surface area contributed by atoms with Crippen LogP contribution in [0.3, 0.4) is 0 Å². The molecule has 0 saturated carbocycles. The topological polar surface area (TPSA) is 90.2 Å². The third-order valence-corrected chi connectivity index (χ3v) is 2.75.